The van der Waals surface area contributed by atoms with Crippen molar-refractivity contribution in [2.75, 3.05) is 6.54 Å². The topological polar surface area (TPSA) is 33.2 Å². The van der Waals surface area contributed by atoms with Crippen LogP contribution in [0.5, 0.6) is 0 Å². The minimum Gasteiger partial charge on any atom is -0.334 e. The van der Waals surface area contributed by atoms with Crippen molar-refractivity contribution < 1.29 is 9.18 Å². The summed E-state index contributed by atoms with van der Waals surface area (Å²) in [5.41, 5.74) is 2.26. The van der Waals surface area contributed by atoms with Gasteiger partial charge in [-0.15, -0.1) is 0 Å². The molecule has 3 rings (SSSR count). The van der Waals surface area contributed by atoms with Crippen molar-refractivity contribution in [2.45, 2.75) is 13.0 Å². The molecule has 1 aromatic heterocycles. The number of hydrogen-bond donors (Lipinski definition) is 0. The van der Waals surface area contributed by atoms with Gasteiger partial charge in [-0.1, -0.05) is 23.7 Å². The monoisotopic (exact) mass is 290 g/mol. The molecule has 2 aromatic rings. The lowest BCUT2D eigenvalue weighted by Gasteiger charge is -2.28. The lowest BCUT2D eigenvalue weighted by Crippen LogP contribution is -2.37. The fourth-order valence-corrected chi connectivity index (χ4v) is 2.50. The van der Waals surface area contributed by atoms with Gasteiger partial charge in [-0.25, -0.2) is 9.37 Å². The highest BCUT2D eigenvalue weighted by Crippen LogP contribution is 2.21. The first-order valence-electron chi connectivity index (χ1n) is 6.32. The molecule has 1 amide bonds. The first kappa shape index (κ1) is 13.1. The van der Waals surface area contributed by atoms with E-state index in [0.717, 1.165) is 11.3 Å². The van der Waals surface area contributed by atoms with Crippen molar-refractivity contribution in [3.8, 4) is 0 Å². The molecular weight excluding hydrogens is 279 g/mol. The summed E-state index contributed by atoms with van der Waals surface area (Å²) < 4.78 is 12.9. The maximum atomic E-state index is 12.9. The Morgan fingerprint density at radius 3 is 2.70 bits per heavy atom. The smallest absolute Gasteiger partial charge is 0.256 e. The minimum absolute atomic E-state index is 0.0558. The van der Waals surface area contributed by atoms with Crippen LogP contribution in [0.15, 0.2) is 36.4 Å². The maximum Gasteiger partial charge on any atom is 0.256 e. The van der Waals surface area contributed by atoms with Gasteiger partial charge in [0.2, 0.25) is 0 Å². The van der Waals surface area contributed by atoms with Crippen molar-refractivity contribution in [3.05, 3.63) is 64.2 Å². The predicted octanol–water partition coefficient (Wildman–Crippen LogP) is 3.07. The van der Waals surface area contributed by atoms with Crippen LogP contribution in [0.4, 0.5) is 4.39 Å². The van der Waals surface area contributed by atoms with E-state index in [1.807, 2.05) is 0 Å². The molecule has 0 bridgehead atoms. The number of hydrogen-bond acceptors (Lipinski definition) is 2. The van der Waals surface area contributed by atoms with Gasteiger partial charge in [0.05, 0.1) is 11.3 Å². The molecule has 2 heterocycles. The normalized spacial score (nSPS) is 14.3. The van der Waals surface area contributed by atoms with Crippen LogP contribution in [0.2, 0.25) is 5.15 Å². The summed E-state index contributed by atoms with van der Waals surface area (Å²) >= 11 is 5.83. The number of carbonyl (C=O) groups is 1. The molecule has 1 aromatic carbocycles. The molecule has 3 nitrogen and oxygen atoms in total. The van der Waals surface area contributed by atoms with E-state index >= 15 is 0 Å². The highest BCUT2D eigenvalue weighted by atomic mass is 35.5. The van der Waals surface area contributed by atoms with Crippen LogP contribution in [0.3, 0.4) is 0 Å². The molecule has 102 valence electrons. The first-order valence-corrected chi connectivity index (χ1v) is 6.70. The molecule has 0 aliphatic carbocycles. The van der Waals surface area contributed by atoms with Crippen molar-refractivity contribution in [2.24, 2.45) is 0 Å². The second-order valence-corrected chi connectivity index (χ2v) is 5.12. The Morgan fingerprint density at radius 2 is 1.95 bits per heavy atom. The molecular formula is C15H12ClFN2O. The Labute approximate surface area is 121 Å². The Hall–Kier alpha value is -1.94. The van der Waals surface area contributed by atoms with Gasteiger partial charge >= 0.3 is 0 Å². The third kappa shape index (κ3) is 2.51. The first-order chi connectivity index (χ1) is 9.63. The highest BCUT2D eigenvalue weighted by Gasteiger charge is 2.25. The van der Waals surface area contributed by atoms with Crippen LogP contribution in [0, 0.1) is 5.82 Å². The molecule has 0 fully saturated rings. The number of rotatable bonds is 2. The van der Waals surface area contributed by atoms with Crippen molar-refractivity contribution >= 4 is 17.5 Å². The van der Waals surface area contributed by atoms with Crippen LogP contribution >= 0.6 is 11.6 Å². The molecule has 0 spiro atoms. The predicted molar refractivity (Wildman–Crippen MR) is 74.1 cm³/mol. The van der Waals surface area contributed by atoms with E-state index in [1.54, 1.807) is 29.2 Å². The molecule has 0 atom stereocenters. The molecule has 0 unspecified atom stereocenters. The Kier molecular flexibility index (Phi) is 3.40. The van der Waals surface area contributed by atoms with E-state index in [-0.39, 0.29) is 11.7 Å². The van der Waals surface area contributed by atoms with E-state index in [4.69, 9.17) is 11.6 Å². The average molecular weight is 291 g/mol. The molecule has 0 saturated carbocycles. The van der Waals surface area contributed by atoms with E-state index in [9.17, 15) is 9.18 Å². The number of benzene rings is 1. The minimum atomic E-state index is -0.275. The molecule has 5 heteroatoms. The van der Waals surface area contributed by atoms with Gasteiger partial charge in [0.15, 0.2) is 0 Å². The molecule has 0 N–H and O–H groups in total. The number of fused-ring (bicyclic) bond motifs is 1. The zero-order valence-electron chi connectivity index (χ0n) is 10.6. The highest BCUT2D eigenvalue weighted by molar-refractivity contribution is 6.29. The van der Waals surface area contributed by atoms with Gasteiger partial charge < -0.3 is 4.90 Å². The third-order valence-corrected chi connectivity index (χ3v) is 3.57. The second-order valence-electron chi connectivity index (χ2n) is 4.73. The van der Waals surface area contributed by atoms with Gasteiger partial charge in [-0.2, -0.15) is 0 Å². The van der Waals surface area contributed by atoms with Crippen LogP contribution in [0.1, 0.15) is 21.6 Å². The number of aromatic nitrogens is 1. The lowest BCUT2D eigenvalue weighted by atomic mass is 10.0. The Morgan fingerprint density at radius 1 is 1.20 bits per heavy atom. The number of pyridine rings is 1. The van der Waals surface area contributed by atoms with E-state index in [1.165, 1.54) is 12.1 Å². The average Bonchev–Trinajstić information content (AvgIpc) is 2.44. The third-order valence-electron chi connectivity index (χ3n) is 3.36. The number of nitrogens with zero attached hydrogens (tertiary/aromatic N) is 2. The zero-order valence-corrected chi connectivity index (χ0v) is 11.4. The fraction of sp³-hybridized carbons (Fsp3) is 0.200. The van der Waals surface area contributed by atoms with Gasteiger partial charge in [-0.05, 0) is 29.8 Å². The van der Waals surface area contributed by atoms with Crippen molar-refractivity contribution in [3.63, 3.8) is 0 Å². The second kappa shape index (κ2) is 5.21. The SMILES string of the molecule is O=C1c2ccc(Cl)nc2CCN1Cc1ccc(F)cc1. The molecule has 0 saturated heterocycles. The zero-order chi connectivity index (χ0) is 14.1. The lowest BCUT2D eigenvalue weighted by molar-refractivity contribution is 0.0725. The number of halogens is 2. The summed E-state index contributed by atoms with van der Waals surface area (Å²) in [7, 11) is 0. The van der Waals surface area contributed by atoms with Crippen molar-refractivity contribution in [1.29, 1.82) is 0 Å². The molecule has 1 aliphatic rings. The van der Waals surface area contributed by atoms with E-state index in [2.05, 4.69) is 4.98 Å². The Balaban J connectivity index is 1.81. The summed E-state index contributed by atoms with van der Waals surface area (Å²) in [5.74, 6) is -0.331. The number of carbonyl (C=O) groups excluding carboxylic acids is 1. The molecule has 1 aliphatic heterocycles. The van der Waals surface area contributed by atoms with Gasteiger partial charge in [0, 0.05) is 19.5 Å². The van der Waals surface area contributed by atoms with Crippen LogP contribution in [-0.4, -0.2) is 22.3 Å². The Bertz CT molecular complexity index is 657. The largest absolute Gasteiger partial charge is 0.334 e. The summed E-state index contributed by atoms with van der Waals surface area (Å²) in [6.45, 7) is 1.07. The van der Waals surface area contributed by atoms with Gasteiger partial charge in [0.25, 0.3) is 5.91 Å². The summed E-state index contributed by atoms with van der Waals surface area (Å²) in [6, 6.07) is 9.53. The quantitative estimate of drug-likeness (QED) is 0.797. The maximum absolute atomic E-state index is 12.9. The van der Waals surface area contributed by atoms with E-state index in [0.29, 0.717) is 30.2 Å². The van der Waals surface area contributed by atoms with Gasteiger partial charge in [0.1, 0.15) is 11.0 Å². The standard InChI is InChI=1S/C15H12ClFN2O/c16-14-6-5-12-13(18-14)7-8-19(15(12)20)9-10-1-3-11(17)4-2-10/h1-6H,7-9H2. The molecule has 20 heavy (non-hydrogen) atoms. The van der Waals surface area contributed by atoms with Crippen LogP contribution in [-0.2, 0) is 13.0 Å². The van der Waals surface area contributed by atoms with Crippen LogP contribution in [0.25, 0.3) is 0 Å². The number of amides is 1. The molecule has 0 radical (unpaired) electrons. The van der Waals surface area contributed by atoms with Crippen molar-refractivity contribution in [1.82, 2.24) is 9.88 Å². The fourth-order valence-electron chi connectivity index (χ4n) is 2.33. The van der Waals surface area contributed by atoms with Gasteiger partial charge in [-0.3, -0.25) is 4.79 Å². The summed E-state index contributed by atoms with van der Waals surface area (Å²) in [6.07, 6.45) is 0.683. The summed E-state index contributed by atoms with van der Waals surface area (Å²) in [4.78, 5) is 18.3. The van der Waals surface area contributed by atoms with E-state index < -0.39 is 0 Å². The van der Waals surface area contributed by atoms with Crippen LogP contribution < -0.4 is 0 Å². The summed E-state index contributed by atoms with van der Waals surface area (Å²) in [5, 5.41) is 0.406.